The van der Waals surface area contributed by atoms with E-state index >= 15 is 0 Å². The van der Waals surface area contributed by atoms with E-state index in [-0.39, 0.29) is 11.7 Å². The molecular formula is C9H18O3. The number of hydrogen-bond donors (Lipinski definition) is 1. The molecule has 3 heteroatoms. The minimum atomic E-state index is -0.813. The molecule has 0 aromatic carbocycles. The molecule has 3 nitrogen and oxygen atoms in total. The van der Waals surface area contributed by atoms with Crippen molar-refractivity contribution in [2.75, 3.05) is 0 Å². The molecule has 0 saturated carbocycles. The zero-order valence-electron chi connectivity index (χ0n) is 8.42. The Labute approximate surface area is 73.7 Å². The van der Waals surface area contributed by atoms with Gasteiger partial charge < -0.3 is 9.84 Å². The van der Waals surface area contributed by atoms with Gasteiger partial charge >= 0.3 is 5.97 Å². The molecule has 0 radical (unpaired) electrons. The Balaban J connectivity index is 4.04. The van der Waals surface area contributed by atoms with E-state index in [1.165, 1.54) is 0 Å². The van der Waals surface area contributed by atoms with Gasteiger partial charge in [0.1, 0.15) is 0 Å². The molecule has 0 rings (SSSR count). The lowest BCUT2D eigenvalue weighted by atomic mass is 10.1. The van der Waals surface area contributed by atoms with E-state index in [2.05, 4.69) is 0 Å². The van der Waals surface area contributed by atoms with Gasteiger partial charge in [-0.1, -0.05) is 0 Å². The maximum atomic E-state index is 10.5. The lowest BCUT2D eigenvalue weighted by Crippen LogP contribution is -2.33. The van der Waals surface area contributed by atoms with Gasteiger partial charge in [-0.25, -0.2) is 0 Å². The Kier molecular flexibility index (Phi) is 3.71. The number of ether oxygens (including phenoxy) is 1. The highest BCUT2D eigenvalue weighted by molar-refractivity contribution is 5.70. The molecule has 0 unspecified atom stereocenters. The van der Waals surface area contributed by atoms with Crippen LogP contribution in [0.15, 0.2) is 0 Å². The van der Waals surface area contributed by atoms with Crippen molar-refractivity contribution in [2.45, 2.75) is 46.3 Å². The number of hydrogen-bond acceptors (Lipinski definition) is 2. The Morgan fingerprint density at radius 2 is 1.75 bits per heavy atom. The average molecular weight is 174 g/mol. The summed E-state index contributed by atoms with van der Waals surface area (Å²) in [7, 11) is 0. The van der Waals surface area contributed by atoms with Gasteiger partial charge in [0.25, 0.3) is 0 Å². The summed E-state index contributed by atoms with van der Waals surface area (Å²) < 4.78 is 5.48. The van der Waals surface area contributed by atoms with E-state index in [4.69, 9.17) is 9.84 Å². The highest BCUT2D eigenvalue weighted by atomic mass is 16.5. The molecular weight excluding hydrogens is 156 g/mol. The summed E-state index contributed by atoms with van der Waals surface area (Å²) in [6, 6.07) is 0. The van der Waals surface area contributed by atoms with Gasteiger partial charge in [-0.05, 0) is 34.6 Å². The highest BCUT2D eigenvalue weighted by Gasteiger charge is 2.24. The zero-order chi connectivity index (χ0) is 9.94. The molecule has 1 N–H and O–H groups in total. The maximum Gasteiger partial charge on any atom is 0.308 e. The van der Waals surface area contributed by atoms with Crippen LogP contribution in [0, 0.1) is 5.92 Å². The molecule has 0 saturated heterocycles. The Hall–Kier alpha value is -0.570. The van der Waals surface area contributed by atoms with E-state index < -0.39 is 11.9 Å². The topological polar surface area (TPSA) is 46.5 Å². The molecule has 0 aliphatic rings. The summed E-state index contributed by atoms with van der Waals surface area (Å²) in [4.78, 5) is 10.5. The molecule has 0 heterocycles. The first-order chi connectivity index (χ1) is 5.24. The Morgan fingerprint density at radius 3 is 2.00 bits per heavy atom. The number of carboxylic acids is 1. The standard InChI is InChI=1S/C9H18O3/c1-6(8(10)11)7(2)12-9(3,4)5/h6-7H,1-5H3,(H,10,11)/t6-,7-/m0/s1. The van der Waals surface area contributed by atoms with Gasteiger partial charge in [0.05, 0.1) is 17.6 Å². The first-order valence-corrected chi connectivity index (χ1v) is 4.14. The summed E-state index contributed by atoms with van der Waals surface area (Å²) in [6.07, 6.45) is -0.248. The predicted molar refractivity (Wildman–Crippen MR) is 47.1 cm³/mol. The average Bonchev–Trinajstić information content (AvgIpc) is 1.82. The number of rotatable bonds is 3. The number of carboxylic acid groups (broad SMARTS) is 1. The molecule has 72 valence electrons. The monoisotopic (exact) mass is 174 g/mol. The van der Waals surface area contributed by atoms with E-state index in [9.17, 15) is 4.79 Å². The molecule has 0 fully saturated rings. The molecule has 0 amide bonds. The molecule has 12 heavy (non-hydrogen) atoms. The fourth-order valence-electron chi connectivity index (χ4n) is 0.861. The van der Waals surface area contributed by atoms with Crippen LogP contribution < -0.4 is 0 Å². The van der Waals surface area contributed by atoms with Crippen molar-refractivity contribution in [3.63, 3.8) is 0 Å². The Bertz CT molecular complexity index is 158. The summed E-state index contributed by atoms with van der Waals surface area (Å²) >= 11 is 0. The van der Waals surface area contributed by atoms with Gasteiger partial charge in [-0.15, -0.1) is 0 Å². The third-order valence-corrected chi connectivity index (χ3v) is 1.63. The molecule has 0 aromatic rings. The second-order valence-corrected chi connectivity index (χ2v) is 4.06. The van der Waals surface area contributed by atoms with Crippen molar-refractivity contribution < 1.29 is 14.6 Å². The van der Waals surface area contributed by atoms with Crippen molar-refractivity contribution in [1.29, 1.82) is 0 Å². The van der Waals surface area contributed by atoms with Gasteiger partial charge in [0.2, 0.25) is 0 Å². The lowest BCUT2D eigenvalue weighted by molar-refractivity contribution is -0.150. The van der Waals surface area contributed by atoms with Gasteiger partial charge in [0.15, 0.2) is 0 Å². The van der Waals surface area contributed by atoms with Crippen LogP contribution in [0.1, 0.15) is 34.6 Å². The SMILES string of the molecule is C[C@H](OC(C)(C)C)[C@H](C)C(=O)O. The van der Waals surface area contributed by atoms with Crippen LogP contribution in [0.5, 0.6) is 0 Å². The third kappa shape index (κ3) is 4.34. The highest BCUT2D eigenvalue weighted by Crippen LogP contribution is 2.16. The van der Waals surface area contributed by atoms with Crippen molar-refractivity contribution in [2.24, 2.45) is 5.92 Å². The van der Waals surface area contributed by atoms with Gasteiger partial charge in [-0.3, -0.25) is 4.79 Å². The van der Waals surface area contributed by atoms with Crippen LogP contribution in [0.4, 0.5) is 0 Å². The van der Waals surface area contributed by atoms with Crippen LogP contribution in [0.2, 0.25) is 0 Å². The number of carbonyl (C=O) groups is 1. The third-order valence-electron chi connectivity index (χ3n) is 1.63. The smallest absolute Gasteiger partial charge is 0.308 e. The van der Waals surface area contributed by atoms with Crippen molar-refractivity contribution >= 4 is 5.97 Å². The van der Waals surface area contributed by atoms with Gasteiger partial charge in [0, 0.05) is 0 Å². The molecule has 0 aliphatic heterocycles. The zero-order valence-corrected chi connectivity index (χ0v) is 8.42. The summed E-state index contributed by atoms with van der Waals surface area (Å²) in [5.74, 6) is -1.27. The first kappa shape index (κ1) is 11.4. The molecule has 2 atom stereocenters. The van der Waals surface area contributed by atoms with Crippen LogP contribution in [-0.4, -0.2) is 22.8 Å². The Morgan fingerprint density at radius 1 is 1.33 bits per heavy atom. The molecule has 0 spiro atoms. The normalized spacial score (nSPS) is 17.1. The second-order valence-electron chi connectivity index (χ2n) is 4.06. The van der Waals surface area contributed by atoms with E-state index in [0.29, 0.717) is 0 Å². The summed E-state index contributed by atoms with van der Waals surface area (Å²) in [5, 5.41) is 8.67. The van der Waals surface area contributed by atoms with Crippen molar-refractivity contribution in [3.8, 4) is 0 Å². The molecule has 0 aliphatic carbocycles. The number of aliphatic carboxylic acids is 1. The predicted octanol–water partition coefficient (Wildman–Crippen LogP) is 1.91. The fourth-order valence-corrected chi connectivity index (χ4v) is 0.861. The van der Waals surface area contributed by atoms with Gasteiger partial charge in [-0.2, -0.15) is 0 Å². The quantitative estimate of drug-likeness (QED) is 0.711. The first-order valence-electron chi connectivity index (χ1n) is 4.14. The van der Waals surface area contributed by atoms with Crippen molar-refractivity contribution in [1.82, 2.24) is 0 Å². The van der Waals surface area contributed by atoms with E-state index in [1.54, 1.807) is 13.8 Å². The van der Waals surface area contributed by atoms with Crippen LogP contribution in [-0.2, 0) is 9.53 Å². The largest absolute Gasteiger partial charge is 0.481 e. The molecule has 0 aromatic heterocycles. The second kappa shape index (κ2) is 3.90. The molecule has 0 bridgehead atoms. The van der Waals surface area contributed by atoms with Crippen molar-refractivity contribution in [3.05, 3.63) is 0 Å². The minimum Gasteiger partial charge on any atom is -0.481 e. The summed E-state index contributed by atoms with van der Waals surface area (Å²) in [6.45, 7) is 9.18. The van der Waals surface area contributed by atoms with E-state index in [1.807, 2.05) is 20.8 Å². The maximum absolute atomic E-state index is 10.5. The van der Waals surface area contributed by atoms with Crippen LogP contribution in [0.3, 0.4) is 0 Å². The van der Waals surface area contributed by atoms with E-state index in [0.717, 1.165) is 0 Å². The lowest BCUT2D eigenvalue weighted by Gasteiger charge is -2.27. The van der Waals surface area contributed by atoms with Crippen LogP contribution in [0.25, 0.3) is 0 Å². The fraction of sp³-hybridized carbons (Fsp3) is 0.889. The van der Waals surface area contributed by atoms with Crippen LogP contribution >= 0.6 is 0 Å². The summed E-state index contributed by atoms with van der Waals surface area (Å²) in [5.41, 5.74) is -0.275. The minimum absolute atomic E-state index is 0.248.